The number of esters is 1. The zero-order valence-corrected chi connectivity index (χ0v) is 18.3. The second kappa shape index (κ2) is 8.96. The van der Waals surface area contributed by atoms with Crippen molar-refractivity contribution >= 4 is 23.7 Å². The van der Waals surface area contributed by atoms with Crippen molar-refractivity contribution in [3.63, 3.8) is 0 Å². The minimum Gasteiger partial charge on any atom is -0.486 e. The molecule has 0 aromatic heterocycles. The largest absolute Gasteiger partial charge is 0.486 e. The van der Waals surface area contributed by atoms with Crippen molar-refractivity contribution in [3.8, 4) is 16.9 Å². The Morgan fingerprint density at radius 2 is 1.87 bits per heavy atom. The van der Waals surface area contributed by atoms with Crippen LogP contribution in [0.25, 0.3) is 11.1 Å². The van der Waals surface area contributed by atoms with Crippen LogP contribution in [0.1, 0.15) is 43.6 Å². The van der Waals surface area contributed by atoms with Gasteiger partial charge in [-0.25, -0.2) is 9.59 Å². The number of benzene rings is 2. The predicted molar refractivity (Wildman–Crippen MR) is 115 cm³/mol. The van der Waals surface area contributed by atoms with Gasteiger partial charge < -0.3 is 19.5 Å². The molecule has 0 spiro atoms. The molecule has 7 heteroatoms. The first-order valence-electron chi connectivity index (χ1n) is 9.89. The summed E-state index contributed by atoms with van der Waals surface area (Å²) in [6.07, 6.45) is -0.0680. The van der Waals surface area contributed by atoms with Crippen LogP contribution >= 0.6 is 11.6 Å². The van der Waals surface area contributed by atoms with E-state index in [1.807, 2.05) is 45.0 Å². The van der Waals surface area contributed by atoms with Gasteiger partial charge in [-0.3, -0.25) is 0 Å². The van der Waals surface area contributed by atoms with Gasteiger partial charge in [-0.2, -0.15) is 0 Å². The molecule has 160 valence electrons. The van der Waals surface area contributed by atoms with Crippen molar-refractivity contribution in [1.29, 1.82) is 0 Å². The zero-order chi connectivity index (χ0) is 21.9. The Labute approximate surface area is 181 Å². The Kier molecular flexibility index (Phi) is 6.56. The number of rotatable bonds is 5. The van der Waals surface area contributed by atoms with Crippen LogP contribution in [0.5, 0.6) is 5.75 Å². The molecule has 30 heavy (non-hydrogen) atoms. The van der Waals surface area contributed by atoms with E-state index in [1.165, 1.54) is 0 Å². The molecule has 0 saturated heterocycles. The predicted octanol–water partition coefficient (Wildman–Crippen LogP) is 5.01. The Balaban J connectivity index is 1.68. The summed E-state index contributed by atoms with van der Waals surface area (Å²) in [5, 5.41) is 3.25. The average Bonchev–Trinajstić information content (AvgIpc) is 3.09. The molecule has 0 saturated carbocycles. The van der Waals surface area contributed by atoms with Crippen LogP contribution in [0.2, 0.25) is 5.02 Å². The number of fused-ring (bicyclic) bond motifs is 1. The lowest BCUT2D eigenvalue weighted by atomic mass is 10.00. The van der Waals surface area contributed by atoms with E-state index in [4.69, 9.17) is 25.8 Å². The van der Waals surface area contributed by atoms with Crippen molar-refractivity contribution < 1.29 is 23.8 Å². The molecule has 2 aromatic rings. The number of hydrogen-bond donors (Lipinski definition) is 1. The molecular formula is C23H26ClNO5. The molecule has 0 aliphatic carbocycles. The summed E-state index contributed by atoms with van der Waals surface area (Å²) in [5.41, 5.74) is 2.79. The quantitative estimate of drug-likeness (QED) is 0.673. The molecule has 1 atom stereocenters. The highest BCUT2D eigenvalue weighted by Gasteiger charge is 2.27. The molecule has 1 N–H and O–H groups in total. The third-order valence-electron chi connectivity index (χ3n) is 4.45. The molecule has 0 bridgehead atoms. The standard InChI is InChI=1S/C23H26ClNO5/c1-5-28-21(26)15-8-6-14(7-9-15)16-10-17-11-18(29-20(17)19(24)12-16)13-25-22(27)30-23(2,3)4/h6-10,12,18H,5,11,13H2,1-4H3,(H,25,27). The Morgan fingerprint density at radius 1 is 1.17 bits per heavy atom. The van der Waals surface area contributed by atoms with E-state index < -0.39 is 11.7 Å². The Hall–Kier alpha value is -2.73. The fourth-order valence-electron chi connectivity index (χ4n) is 3.19. The summed E-state index contributed by atoms with van der Waals surface area (Å²) in [6, 6.07) is 11.1. The highest BCUT2D eigenvalue weighted by Crippen LogP contribution is 2.39. The van der Waals surface area contributed by atoms with Crippen molar-refractivity contribution in [1.82, 2.24) is 5.32 Å². The molecule has 0 fully saturated rings. The van der Waals surface area contributed by atoms with Gasteiger partial charge in [-0.1, -0.05) is 23.7 Å². The lowest BCUT2D eigenvalue weighted by Crippen LogP contribution is -2.38. The van der Waals surface area contributed by atoms with Gasteiger partial charge in [0.05, 0.1) is 23.7 Å². The van der Waals surface area contributed by atoms with Gasteiger partial charge in [0.25, 0.3) is 0 Å². The van der Waals surface area contributed by atoms with E-state index in [1.54, 1.807) is 19.1 Å². The first-order valence-corrected chi connectivity index (χ1v) is 10.3. The average molecular weight is 432 g/mol. The highest BCUT2D eigenvalue weighted by atomic mass is 35.5. The highest BCUT2D eigenvalue weighted by molar-refractivity contribution is 6.32. The third-order valence-corrected chi connectivity index (χ3v) is 4.74. The van der Waals surface area contributed by atoms with E-state index in [9.17, 15) is 9.59 Å². The smallest absolute Gasteiger partial charge is 0.407 e. The van der Waals surface area contributed by atoms with E-state index in [0.717, 1.165) is 16.7 Å². The number of amides is 1. The Bertz CT molecular complexity index is 934. The van der Waals surface area contributed by atoms with Crippen LogP contribution in [0.15, 0.2) is 36.4 Å². The molecule has 1 aliphatic heterocycles. The summed E-state index contributed by atoms with van der Waals surface area (Å²) >= 11 is 6.45. The van der Waals surface area contributed by atoms with Crippen molar-refractivity contribution in [3.05, 3.63) is 52.5 Å². The fraction of sp³-hybridized carbons (Fsp3) is 0.391. The number of halogens is 1. The van der Waals surface area contributed by atoms with Crippen LogP contribution in [-0.4, -0.2) is 36.9 Å². The van der Waals surface area contributed by atoms with Crippen molar-refractivity contribution in [2.75, 3.05) is 13.2 Å². The summed E-state index contributed by atoms with van der Waals surface area (Å²) in [7, 11) is 0. The van der Waals surface area contributed by atoms with Gasteiger partial charge in [-0.15, -0.1) is 0 Å². The van der Waals surface area contributed by atoms with Crippen LogP contribution in [0.3, 0.4) is 0 Å². The molecule has 2 aromatic carbocycles. The monoisotopic (exact) mass is 431 g/mol. The van der Waals surface area contributed by atoms with E-state index in [-0.39, 0.29) is 12.1 Å². The van der Waals surface area contributed by atoms with Crippen LogP contribution < -0.4 is 10.1 Å². The fourth-order valence-corrected chi connectivity index (χ4v) is 3.48. The zero-order valence-electron chi connectivity index (χ0n) is 17.6. The molecular weight excluding hydrogens is 406 g/mol. The molecule has 6 nitrogen and oxygen atoms in total. The van der Waals surface area contributed by atoms with Crippen molar-refractivity contribution in [2.45, 2.75) is 45.8 Å². The van der Waals surface area contributed by atoms with Crippen molar-refractivity contribution in [2.24, 2.45) is 0 Å². The van der Waals surface area contributed by atoms with Gasteiger partial charge in [0.1, 0.15) is 17.5 Å². The van der Waals surface area contributed by atoms with Crippen LogP contribution in [0.4, 0.5) is 4.79 Å². The molecule has 3 rings (SSSR count). The number of carbonyl (C=O) groups is 2. The number of alkyl carbamates (subject to hydrolysis) is 1. The van der Waals surface area contributed by atoms with E-state index in [0.29, 0.717) is 35.9 Å². The number of nitrogens with one attached hydrogen (secondary N) is 1. The molecule has 1 aliphatic rings. The van der Waals surface area contributed by atoms with E-state index in [2.05, 4.69) is 5.32 Å². The SMILES string of the molecule is CCOC(=O)c1ccc(-c2cc(Cl)c3c(c2)CC(CNC(=O)OC(C)(C)C)O3)cc1. The summed E-state index contributed by atoms with van der Waals surface area (Å²) in [4.78, 5) is 23.7. The Morgan fingerprint density at radius 3 is 2.50 bits per heavy atom. The lowest BCUT2D eigenvalue weighted by molar-refractivity contribution is 0.0502. The molecule has 1 heterocycles. The third kappa shape index (κ3) is 5.45. The maximum Gasteiger partial charge on any atom is 0.407 e. The normalized spacial score (nSPS) is 15.2. The van der Waals surface area contributed by atoms with Gasteiger partial charge in [0, 0.05) is 12.0 Å². The number of carbonyl (C=O) groups excluding carboxylic acids is 2. The molecule has 1 amide bonds. The minimum absolute atomic E-state index is 0.216. The summed E-state index contributed by atoms with van der Waals surface area (Å²) in [6.45, 7) is 7.88. The van der Waals surface area contributed by atoms with Gasteiger partial charge in [-0.05, 0) is 63.1 Å². The number of hydrogen-bond acceptors (Lipinski definition) is 5. The first kappa shape index (κ1) is 22.0. The summed E-state index contributed by atoms with van der Waals surface area (Å²) < 4.78 is 16.2. The maximum atomic E-state index is 11.9. The van der Waals surface area contributed by atoms with Gasteiger partial charge in [0.2, 0.25) is 0 Å². The molecule has 1 unspecified atom stereocenters. The second-order valence-electron chi connectivity index (χ2n) is 8.07. The van der Waals surface area contributed by atoms with Gasteiger partial charge >= 0.3 is 12.1 Å². The molecule has 0 radical (unpaired) electrons. The van der Waals surface area contributed by atoms with E-state index >= 15 is 0 Å². The minimum atomic E-state index is -0.551. The lowest BCUT2D eigenvalue weighted by Gasteiger charge is -2.20. The number of ether oxygens (including phenoxy) is 3. The topological polar surface area (TPSA) is 73.9 Å². The van der Waals surface area contributed by atoms with Crippen LogP contribution in [-0.2, 0) is 15.9 Å². The maximum absolute atomic E-state index is 11.9. The van der Waals surface area contributed by atoms with Crippen LogP contribution in [0, 0.1) is 0 Å². The summed E-state index contributed by atoms with van der Waals surface area (Å²) in [5.74, 6) is 0.296. The first-order chi connectivity index (χ1) is 14.2. The van der Waals surface area contributed by atoms with Gasteiger partial charge in [0.15, 0.2) is 0 Å². The second-order valence-corrected chi connectivity index (χ2v) is 8.48.